The number of rotatable bonds is 7. The van der Waals surface area contributed by atoms with E-state index in [0.29, 0.717) is 17.9 Å². The molecule has 0 bridgehead atoms. The minimum atomic E-state index is -0.449. The van der Waals surface area contributed by atoms with Crippen molar-refractivity contribution in [3.05, 3.63) is 29.6 Å². The molecule has 5 heteroatoms. The Morgan fingerprint density at radius 2 is 2.14 bits per heavy atom. The third-order valence-electron chi connectivity index (χ3n) is 4.07. The fourth-order valence-corrected chi connectivity index (χ4v) is 2.72. The van der Waals surface area contributed by atoms with Crippen molar-refractivity contribution < 1.29 is 18.7 Å². The van der Waals surface area contributed by atoms with Crippen LogP contribution >= 0.6 is 0 Å². The molecule has 0 saturated carbocycles. The normalized spacial score (nSPS) is 15.5. The van der Waals surface area contributed by atoms with E-state index >= 15 is 0 Å². The Morgan fingerprint density at radius 1 is 1.36 bits per heavy atom. The van der Waals surface area contributed by atoms with E-state index < -0.39 is 11.8 Å². The van der Waals surface area contributed by atoms with E-state index in [1.54, 1.807) is 12.1 Å². The van der Waals surface area contributed by atoms with Gasteiger partial charge in [0.15, 0.2) is 0 Å². The van der Waals surface area contributed by atoms with E-state index in [-0.39, 0.29) is 6.42 Å². The largest absolute Gasteiger partial charge is 0.493 e. The van der Waals surface area contributed by atoms with Gasteiger partial charge in [-0.25, -0.2) is 4.39 Å². The van der Waals surface area contributed by atoms with Crippen molar-refractivity contribution >= 4 is 5.97 Å². The Bertz CT molecular complexity index is 487. The van der Waals surface area contributed by atoms with Crippen LogP contribution in [0.5, 0.6) is 5.75 Å². The Labute approximate surface area is 131 Å². The Balaban J connectivity index is 1.73. The predicted molar refractivity (Wildman–Crippen MR) is 82.4 cm³/mol. The number of carbonyl (C=O) groups excluding carboxylic acids is 1. The fraction of sp³-hybridized carbons (Fsp3) is 0.588. The molecule has 0 radical (unpaired) electrons. The molecule has 1 N–H and O–H groups in total. The van der Waals surface area contributed by atoms with Crippen LogP contribution in [0.2, 0.25) is 0 Å². The quantitative estimate of drug-likeness (QED) is 0.621. The minimum absolute atomic E-state index is 0.0572. The molecule has 1 aromatic rings. The zero-order chi connectivity index (χ0) is 15.8. The molecular formula is C17H24FNO3. The van der Waals surface area contributed by atoms with E-state index in [9.17, 15) is 9.18 Å². The van der Waals surface area contributed by atoms with E-state index in [4.69, 9.17) is 4.74 Å². The first-order chi connectivity index (χ1) is 10.7. The van der Waals surface area contributed by atoms with Crippen LogP contribution < -0.4 is 10.1 Å². The number of methoxy groups -OCH3 is 1. The van der Waals surface area contributed by atoms with Crippen LogP contribution in [0.1, 0.15) is 31.2 Å². The molecule has 1 saturated heterocycles. The number of piperidine rings is 1. The van der Waals surface area contributed by atoms with Gasteiger partial charge in [-0.2, -0.15) is 0 Å². The Hall–Kier alpha value is -1.62. The minimum Gasteiger partial charge on any atom is -0.493 e. The van der Waals surface area contributed by atoms with Crippen molar-refractivity contribution in [1.29, 1.82) is 0 Å². The monoisotopic (exact) mass is 309 g/mol. The molecule has 4 nitrogen and oxygen atoms in total. The molecule has 1 aromatic carbocycles. The van der Waals surface area contributed by atoms with Gasteiger partial charge < -0.3 is 14.8 Å². The molecule has 0 aromatic heterocycles. The van der Waals surface area contributed by atoms with E-state index in [2.05, 4.69) is 10.1 Å². The van der Waals surface area contributed by atoms with Crippen molar-refractivity contribution in [2.24, 2.45) is 5.92 Å². The molecule has 1 heterocycles. The van der Waals surface area contributed by atoms with E-state index in [1.807, 2.05) is 0 Å². The summed E-state index contributed by atoms with van der Waals surface area (Å²) >= 11 is 0. The van der Waals surface area contributed by atoms with Crippen LogP contribution in [-0.4, -0.2) is 32.8 Å². The molecule has 2 rings (SSSR count). The second-order valence-corrected chi connectivity index (χ2v) is 5.69. The number of hydrogen-bond donors (Lipinski definition) is 1. The number of halogens is 1. The third kappa shape index (κ3) is 5.30. The van der Waals surface area contributed by atoms with Gasteiger partial charge in [0.1, 0.15) is 11.6 Å². The van der Waals surface area contributed by atoms with Crippen molar-refractivity contribution in [3.63, 3.8) is 0 Å². The number of carbonyl (C=O) groups is 1. The Kier molecular flexibility index (Phi) is 6.65. The average Bonchev–Trinajstić information content (AvgIpc) is 2.55. The van der Waals surface area contributed by atoms with E-state index in [1.165, 1.54) is 26.0 Å². The summed E-state index contributed by atoms with van der Waals surface area (Å²) in [6.07, 6.45) is 4.55. The van der Waals surface area contributed by atoms with Gasteiger partial charge in [-0.15, -0.1) is 0 Å². The first-order valence-electron chi connectivity index (χ1n) is 7.88. The number of nitrogens with one attached hydrogen (secondary N) is 1. The van der Waals surface area contributed by atoms with E-state index in [0.717, 1.165) is 31.8 Å². The number of hydrogen-bond acceptors (Lipinski definition) is 4. The molecule has 0 amide bonds. The standard InChI is InChI=1S/C17H24FNO3/c1-21-17(20)11-14-4-5-15(12-16(14)18)22-10-2-3-13-6-8-19-9-7-13/h4-5,12-13,19H,2-3,6-11H2,1H3. The zero-order valence-electron chi connectivity index (χ0n) is 13.1. The lowest BCUT2D eigenvalue weighted by Gasteiger charge is -2.22. The van der Waals surface area contributed by atoms with Crippen LogP contribution in [-0.2, 0) is 16.0 Å². The maximum absolute atomic E-state index is 13.9. The highest BCUT2D eigenvalue weighted by atomic mass is 19.1. The molecule has 1 fully saturated rings. The van der Waals surface area contributed by atoms with Crippen LogP contribution in [0.3, 0.4) is 0 Å². The number of ether oxygens (including phenoxy) is 2. The lowest BCUT2D eigenvalue weighted by molar-refractivity contribution is -0.139. The summed E-state index contributed by atoms with van der Waals surface area (Å²) in [5.41, 5.74) is 0.328. The van der Waals surface area contributed by atoms with Crippen molar-refractivity contribution in [3.8, 4) is 5.75 Å². The second-order valence-electron chi connectivity index (χ2n) is 5.69. The van der Waals surface area contributed by atoms with Crippen molar-refractivity contribution in [1.82, 2.24) is 5.32 Å². The number of esters is 1. The molecule has 22 heavy (non-hydrogen) atoms. The summed E-state index contributed by atoms with van der Waals surface area (Å²) in [6, 6.07) is 4.61. The third-order valence-corrected chi connectivity index (χ3v) is 4.07. The first-order valence-corrected chi connectivity index (χ1v) is 7.88. The first kappa shape index (κ1) is 16.7. The summed E-state index contributed by atoms with van der Waals surface area (Å²) in [7, 11) is 1.29. The molecule has 0 aliphatic carbocycles. The molecule has 0 atom stereocenters. The number of benzene rings is 1. The predicted octanol–water partition coefficient (Wildman–Crippen LogP) is 2.70. The molecular weight excluding hydrogens is 285 g/mol. The molecule has 1 aliphatic heterocycles. The highest BCUT2D eigenvalue weighted by Crippen LogP contribution is 2.20. The van der Waals surface area contributed by atoms with Gasteiger partial charge in [0.05, 0.1) is 20.1 Å². The molecule has 0 spiro atoms. The van der Waals surface area contributed by atoms with Gasteiger partial charge >= 0.3 is 5.97 Å². The zero-order valence-corrected chi connectivity index (χ0v) is 13.1. The van der Waals surface area contributed by atoms with Gasteiger partial charge in [0.25, 0.3) is 0 Å². The fourth-order valence-electron chi connectivity index (χ4n) is 2.72. The maximum Gasteiger partial charge on any atom is 0.310 e. The van der Waals surface area contributed by atoms with Crippen LogP contribution in [0.25, 0.3) is 0 Å². The molecule has 1 aliphatic rings. The molecule has 0 unspecified atom stereocenters. The van der Waals surface area contributed by atoms with Crippen LogP contribution in [0.15, 0.2) is 18.2 Å². The summed E-state index contributed by atoms with van der Waals surface area (Å²) in [5.74, 6) is 0.413. The lowest BCUT2D eigenvalue weighted by atomic mass is 9.93. The summed E-state index contributed by atoms with van der Waals surface area (Å²) < 4.78 is 24.0. The second kappa shape index (κ2) is 8.73. The van der Waals surface area contributed by atoms with Gasteiger partial charge in [0.2, 0.25) is 0 Å². The van der Waals surface area contributed by atoms with Crippen molar-refractivity contribution in [2.75, 3.05) is 26.8 Å². The van der Waals surface area contributed by atoms with Crippen LogP contribution in [0.4, 0.5) is 4.39 Å². The Morgan fingerprint density at radius 3 is 2.82 bits per heavy atom. The highest BCUT2D eigenvalue weighted by Gasteiger charge is 2.13. The average molecular weight is 309 g/mol. The smallest absolute Gasteiger partial charge is 0.310 e. The SMILES string of the molecule is COC(=O)Cc1ccc(OCCCC2CCNCC2)cc1F. The lowest BCUT2D eigenvalue weighted by Crippen LogP contribution is -2.27. The maximum atomic E-state index is 13.9. The summed E-state index contributed by atoms with van der Waals surface area (Å²) in [5, 5.41) is 3.35. The van der Waals surface area contributed by atoms with Crippen LogP contribution in [0, 0.1) is 11.7 Å². The summed E-state index contributed by atoms with van der Waals surface area (Å²) in [4.78, 5) is 11.2. The molecule has 122 valence electrons. The highest BCUT2D eigenvalue weighted by molar-refractivity contribution is 5.72. The van der Waals surface area contributed by atoms with Gasteiger partial charge in [0, 0.05) is 6.07 Å². The van der Waals surface area contributed by atoms with Crippen molar-refractivity contribution in [2.45, 2.75) is 32.1 Å². The van der Waals surface area contributed by atoms with Gasteiger partial charge in [-0.3, -0.25) is 4.79 Å². The van der Waals surface area contributed by atoms with Gasteiger partial charge in [-0.05, 0) is 56.3 Å². The van der Waals surface area contributed by atoms with Gasteiger partial charge in [-0.1, -0.05) is 6.07 Å². The summed E-state index contributed by atoms with van der Waals surface area (Å²) in [6.45, 7) is 2.82. The topological polar surface area (TPSA) is 47.6 Å².